The lowest BCUT2D eigenvalue weighted by molar-refractivity contribution is 0.574. The van der Waals surface area contributed by atoms with Crippen LogP contribution in [0.1, 0.15) is 18.4 Å². The second kappa shape index (κ2) is 3.90. The van der Waals surface area contributed by atoms with Gasteiger partial charge >= 0.3 is 0 Å². The lowest BCUT2D eigenvalue weighted by atomic mass is 10.2. The number of halogens is 1. The average Bonchev–Trinajstić information content (AvgIpc) is 2.91. The van der Waals surface area contributed by atoms with Crippen molar-refractivity contribution in [1.29, 1.82) is 0 Å². The zero-order valence-electron chi connectivity index (χ0n) is 8.11. The van der Waals surface area contributed by atoms with Gasteiger partial charge in [0.15, 0.2) is 0 Å². The molecule has 2 rings (SSSR count). The van der Waals surface area contributed by atoms with Gasteiger partial charge in [-0.25, -0.2) is 17.5 Å². The summed E-state index contributed by atoms with van der Waals surface area (Å²) in [7, 11) is -3.38. The number of sulfonamides is 1. The molecule has 0 aliphatic heterocycles. The molecule has 0 amide bonds. The molecule has 1 N–H and O–H groups in total. The molecular weight excluding hydrogens is 217 g/mol. The van der Waals surface area contributed by atoms with Gasteiger partial charge in [-0.05, 0) is 18.9 Å². The van der Waals surface area contributed by atoms with Gasteiger partial charge in [0.1, 0.15) is 5.82 Å². The fourth-order valence-electron chi connectivity index (χ4n) is 1.32. The van der Waals surface area contributed by atoms with Crippen molar-refractivity contribution >= 4 is 10.0 Å². The lowest BCUT2D eigenvalue weighted by Crippen LogP contribution is -2.27. The molecule has 1 aromatic carbocycles. The highest BCUT2D eigenvalue weighted by Crippen LogP contribution is 2.21. The quantitative estimate of drug-likeness (QED) is 0.848. The predicted molar refractivity (Wildman–Crippen MR) is 55.2 cm³/mol. The Kier molecular flexibility index (Phi) is 2.75. The zero-order valence-corrected chi connectivity index (χ0v) is 8.93. The summed E-state index contributed by atoms with van der Waals surface area (Å²) in [5, 5.41) is 0. The fourth-order valence-corrected chi connectivity index (χ4v) is 2.79. The van der Waals surface area contributed by atoms with Crippen LogP contribution in [0.3, 0.4) is 0 Å². The molecule has 0 saturated heterocycles. The van der Waals surface area contributed by atoms with Gasteiger partial charge in [-0.2, -0.15) is 0 Å². The molecule has 0 bridgehead atoms. The van der Waals surface area contributed by atoms with Crippen molar-refractivity contribution in [2.45, 2.75) is 24.6 Å². The van der Waals surface area contributed by atoms with E-state index in [9.17, 15) is 12.8 Å². The van der Waals surface area contributed by atoms with Gasteiger partial charge in [0, 0.05) is 11.6 Å². The minimum Gasteiger partial charge on any atom is -0.212 e. The summed E-state index contributed by atoms with van der Waals surface area (Å²) < 4.78 is 38.7. The summed E-state index contributed by atoms with van der Waals surface area (Å²) in [6, 6.07) is 6.00. The molecule has 82 valence electrons. The summed E-state index contributed by atoms with van der Waals surface area (Å²) in [6.07, 6.45) is 1.77. The summed E-state index contributed by atoms with van der Waals surface area (Å²) >= 11 is 0. The van der Waals surface area contributed by atoms with Crippen LogP contribution in [0.2, 0.25) is 0 Å². The Balaban J connectivity index is 2.10. The average molecular weight is 229 g/mol. The molecule has 0 atom stereocenters. The Morgan fingerprint density at radius 3 is 2.60 bits per heavy atom. The minimum atomic E-state index is -3.38. The van der Waals surface area contributed by atoms with Crippen molar-refractivity contribution in [3.63, 3.8) is 0 Å². The van der Waals surface area contributed by atoms with E-state index in [1.165, 1.54) is 12.1 Å². The van der Waals surface area contributed by atoms with Crippen molar-refractivity contribution < 1.29 is 12.8 Å². The molecule has 1 aromatic rings. The fraction of sp³-hybridized carbons (Fsp3) is 0.400. The Morgan fingerprint density at radius 2 is 2.00 bits per heavy atom. The van der Waals surface area contributed by atoms with E-state index in [0.717, 1.165) is 12.8 Å². The highest BCUT2D eigenvalue weighted by Gasteiger charge is 2.27. The van der Waals surface area contributed by atoms with Crippen LogP contribution in [0.25, 0.3) is 0 Å². The number of hydrogen-bond donors (Lipinski definition) is 1. The van der Waals surface area contributed by atoms with Crippen LogP contribution in [-0.4, -0.2) is 14.5 Å². The first-order valence-corrected chi connectivity index (χ1v) is 6.45. The molecule has 0 unspecified atom stereocenters. The van der Waals surface area contributed by atoms with Gasteiger partial charge in [0.05, 0.1) is 5.75 Å². The first-order valence-electron chi connectivity index (χ1n) is 4.80. The molecule has 3 nitrogen and oxygen atoms in total. The normalized spacial score (nSPS) is 16.6. The van der Waals surface area contributed by atoms with Crippen LogP contribution in [0.5, 0.6) is 0 Å². The third-order valence-corrected chi connectivity index (χ3v) is 3.61. The second-order valence-electron chi connectivity index (χ2n) is 3.74. The second-order valence-corrected chi connectivity index (χ2v) is 5.50. The standard InChI is InChI=1S/C10H12FNO2S/c11-10-4-2-1-3-8(10)7-15(13,14)12-9-5-6-9/h1-4,9,12H,5-7H2. The maximum Gasteiger partial charge on any atom is 0.216 e. The molecule has 15 heavy (non-hydrogen) atoms. The summed E-state index contributed by atoms with van der Waals surface area (Å²) in [5.41, 5.74) is 0.214. The largest absolute Gasteiger partial charge is 0.216 e. The van der Waals surface area contributed by atoms with E-state index in [-0.39, 0.29) is 17.4 Å². The van der Waals surface area contributed by atoms with Crippen molar-refractivity contribution in [3.8, 4) is 0 Å². The molecule has 1 aliphatic carbocycles. The predicted octanol–water partition coefficient (Wildman–Crippen LogP) is 1.41. The van der Waals surface area contributed by atoms with Gasteiger partial charge in [-0.3, -0.25) is 0 Å². The molecular formula is C10H12FNO2S. The van der Waals surface area contributed by atoms with Crippen molar-refractivity contribution in [3.05, 3.63) is 35.6 Å². The van der Waals surface area contributed by atoms with Crippen LogP contribution >= 0.6 is 0 Å². The van der Waals surface area contributed by atoms with Crippen molar-refractivity contribution in [1.82, 2.24) is 4.72 Å². The molecule has 0 spiro atoms. The maximum absolute atomic E-state index is 13.2. The Morgan fingerprint density at radius 1 is 1.33 bits per heavy atom. The van der Waals surface area contributed by atoms with Gasteiger partial charge in [-0.1, -0.05) is 18.2 Å². The van der Waals surface area contributed by atoms with E-state index < -0.39 is 15.8 Å². The maximum atomic E-state index is 13.2. The third-order valence-electron chi connectivity index (χ3n) is 2.23. The SMILES string of the molecule is O=S(=O)(Cc1ccccc1F)NC1CC1. The number of nitrogens with one attached hydrogen (secondary N) is 1. The van der Waals surface area contributed by atoms with E-state index in [4.69, 9.17) is 0 Å². The van der Waals surface area contributed by atoms with Gasteiger partial charge < -0.3 is 0 Å². The van der Waals surface area contributed by atoms with E-state index in [1.54, 1.807) is 12.1 Å². The molecule has 5 heteroatoms. The first kappa shape index (κ1) is 10.6. The Hall–Kier alpha value is -0.940. The lowest BCUT2D eigenvalue weighted by Gasteiger charge is -2.05. The molecule has 0 heterocycles. The van der Waals surface area contributed by atoms with Crippen LogP contribution in [-0.2, 0) is 15.8 Å². The molecule has 1 saturated carbocycles. The van der Waals surface area contributed by atoms with E-state index in [1.807, 2.05) is 0 Å². The van der Waals surface area contributed by atoms with Crippen molar-refractivity contribution in [2.75, 3.05) is 0 Å². The first-order chi connectivity index (χ1) is 7.07. The van der Waals surface area contributed by atoms with Crippen LogP contribution in [0.4, 0.5) is 4.39 Å². The van der Waals surface area contributed by atoms with Gasteiger partial charge in [0.2, 0.25) is 10.0 Å². The molecule has 0 radical (unpaired) electrons. The van der Waals surface area contributed by atoms with Crippen LogP contribution in [0, 0.1) is 5.82 Å². The smallest absolute Gasteiger partial charge is 0.212 e. The van der Waals surface area contributed by atoms with Crippen LogP contribution < -0.4 is 4.72 Å². The monoisotopic (exact) mass is 229 g/mol. The molecule has 1 aliphatic rings. The summed E-state index contributed by atoms with van der Waals surface area (Å²) in [4.78, 5) is 0. The van der Waals surface area contributed by atoms with Gasteiger partial charge in [-0.15, -0.1) is 0 Å². The van der Waals surface area contributed by atoms with Gasteiger partial charge in [0.25, 0.3) is 0 Å². The Labute approximate surface area is 88.4 Å². The number of benzene rings is 1. The molecule has 1 fully saturated rings. The third kappa shape index (κ3) is 3.00. The molecule has 0 aromatic heterocycles. The topological polar surface area (TPSA) is 46.2 Å². The zero-order chi connectivity index (χ0) is 10.9. The van der Waals surface area contributed by atoms with Crippen molar-refractivity contribution in [2.24, 2.45) is 0 Å². The van der Waals surface area contributed by atoms with E-state index in [0.29, 0.717) is 0 Å². The van der Waals surface area contributed by atoms with E-state index in [2.05, 4.69) is 4.72 Å². The minimum absolute atomic E-state index is 0.0711. The Bertz CT molecular complexity index is 454. The summed E-state index contributed by atoms with van der Waals surface area (Å²) in [6.45, 7) is 0. The highest BCUT2D eigenvalue weighted by atomic mass is 32.2. The highest BCUT2D eigenvalue weighted by molar-refractivity contribution is 7.88. The summed E-state index contributed by atoms with van der Waals surface area (Å²) in [5.74, 6) is -0.755. The number of hydrogen-bond acceptors (Lipinski definition) is 2. The van der Waals surface area contributed by atoms with E-state index >= 15 is 0 Å². The number of rotatable bonds is 4. The van der Waals surface area contributed by atoms with Crippen LogP contribution in [0.15, 0.2) is 24.3 Å².